The molecule has 0 aromatic rings. The molecule has 1 aliphatic rings. The maximum Gasteiger partial charge on any atom is 0.152 e. The van der Waals surface area contributed by atoms with E-state index >= 15 is 0 Å². The highest BCUT2D eigenvalue weighted by Crippen LogP contribution is 2.15. The van der Waals surface area contributed by atoms with Crippen molar-refractivity contribution < 1.29 is 4.79 Å². The Morgan fingerprint density at radius 3 is 1.35 bits per heavy atom. The molecule has 0 aromatic carbocycles. The van der Waals surface area contributed by atoms with E-state index in [1.165, 1.54) is 0 Å². The first-order chi connectivity index (χ1) is 10.2. The predicted molar refractivity (Wildman–Crippen MR) is 100 cm³/mol. The maximum absolute atomic E-state index is 12.3. The van der Waals surface area contributed by atoms with Gasteiger partial charge in [0.2, 0.25) is 0 Å². The molecule has 0 amide bonds. The number of hydrogen-bond donors (Lipinski definition) is 0. The normalized spacial score (nSPS) is 22.0. The van der Waals surface area contributed by atoms with Gasteiger partial charge in [-0.05, 0) is 21.1 Å². The molecule has 0 aromatic heterocycles. The Morgan fingerprint density at radius 2 is 1.04 bits per heavy atom. The van der Waals surface area contributed by atoms with E-state index in [1.54, 1.807) is 0 Å². The Balaban J connectivity index is 0.00000484. The molecule has 0 radical (unpaired) electrons. The van der Waals surface area contributed by atoms with Crippen LogP contribution in [0.25, 0.3) is 0 Å². The van der Waals surface area contributed by atoms with Gasteiger partial charge in [-0.3, -0.25) is 9.69 Å². The molecule has 0 spiro atoms. The zero-order chi connectivity index (χ0) is 16.8. The first-order valence-electron chi connectivity index (χ1n) is 8.50. The molecule has 0 aliphatic carbocycles. The van der Waals surface area contributed by atoms with Crippen LogP contribution in [0.4, 0.5) is 0 Å². The molecule has 1 saturated heterocycles. The van der Waals surface area contributed by atoms with E-state index in [0.29, 0.717) is 12.3 Å². The lowest BCUT2D eigenvalue weighted by Gasteiger charge is -2.31. The fourth-order valence-corrected chi connectivity index (χ4v) is 2.35. The van der Waals surface area contributed by atoms with E-state index in [9.17, 15) is 4.79 Å². The molecule has 1 fully saturated rings. The number of carbonyl (C=O) groups is 1. The van der Waals surface area contributed by atoms with Crippen LogP contribution in [0, 0.1) is 5.41 Å². The van der Waals surface area contributed by atoms with Crippen molar-refractivity contribution in [2.24, 2.45) is 5.41 Å². The van der Waals surface area contributed by atoms with Gasteiger partial charge < -0.3 is 14.7 Å². The number of rotatable bonds is 2. The van der Waals surface area contributed by atoms with Gasteiger partial charge in [0.1, 0.15) is 0 Å². The molecule has 1 heterocycles. The van der Waals surface area contributed by atoms with E-state index < -0.39 is 0 Å². The average molecular weight is 329 g/mol. The van der Waals surface area contributed by atoms with Crippen LogP contribution in [-0.4, -0.2) is 105 Å². The lowest BCUT2D eigenvalue weighted by molar-refractivity contribution is -0.127. The van der Waals surface area contributed by atoms with Crippen molar-refractivity contribution in [3.05, 3.63) is 0 Å². The molecular formula is C18H40N4O. The summed E-state index contributed by atoms with van der Waals surface area (Å²) in [6, 6.07) is 0. The van der Waals surface area contributed by atoms with Gasteiger partial charge in [0.25, 0.3) is 0 Å². The average Bonchev–Trinajstić information content (AvgIpc) is 2.43. The zero-order valence-electron chi connectivity index (χ0n) is 15.6. The highest BCUT2D eigenvalue weighted by molar-refractivity contribution is 5.85. The van der Waals surface area contributed by atoms with Crippen molar-refractivity contribution in [3.63, 3.8) is 0 Å². The number of likely N-dealkylation sites (N-methyl/N-ethyl adjacent to an activating group) is 3. The van der Waals surface area contributed by atoms with Crippen LogP contribution in [0.3, 0.4) is 0 Å². The standard InChI is InChI=1S/C17H36N4O.CH4/c1-17(2,3)16(22)15-21-13-11-19(5)9-7-18(4)8-10-20(6)12-14-21;/h7-15H2,1-6H3;1H4. The van der Waals surface area contributed by atoms with Crippen LogP contribution in [0.15, 0.2) is 0 Å². The maximum atomic E-state index is 12.3. The van der Waals surface area contributed by atoms with E-state index in [4.69, 9.17) is 0 Å². The van der Waals surface area contributed by atoms with Gasteiger partial charge in [-0.1, -0.05) is 28.2 Å². The minimum Gasteiger partial charge on any atom is -0.304 e. The van der Waals surface area contributed by atoms with Crippen molar-refractivity contribution in [2.75, 3.05) is 80.0 Å². The molecule has 1 rings (SSSR count). The van der Waals surface area contributed by atoms with Crippen LogP contribution in [0.1, 0.15) is 28.2 Å². The summed E-state index contributed by atoms with van der Waals surface area (Å²) in [6.45, 7) is 15.0. The molecule has 0 atom stereocenters. The SMILES string of the molecule is C.CN1CCN(C)CCN(CC(=O)C(C)(C)C)CCN(C)CC1. The van der Waals surface area contributed by atoms with Gasteiger partial charge in [-0.2, -0.15) is 0 Å². The monoisotopic (exact) mass is 328 g/mol. The van der Waals surface area contributed by atoms with Crippen LogP contribution in [0.2, 0.25) is 0 Å². The molecule has 0 bridgehead atoms. The lowest BCUT2D eigenvalue weighted by atomic mass is 9.90. The van der Waals surface area contributed by atoms with E-state index in [1.807, 2.05) is 20.8 Å². The molecule has 5 heteroatoms. The molecule has 138 valence electrons. The molecule has 5 nitrogen and oxygen atoms in total. The first-order valence-corrected chi connectivity index (χ1v) is 8.50. The summed E-state index contributed by atoms with van der Waals surface area (Å²) >= 11 is 0. The highest BCUT2D eigenvalue weighted by Gasteiger charge is 2.23. The topological polar surface area (TPSA) is 30.0 Å². The number of hydrogen-bond acceptors (Lipinski definition) is 5. The van der Waals surface area contributed by atoms with Gasteiger partial charge in [0.15, 0.2) is 5.78 Å². The number of ketones is 1. The second kappa shape index (κ2) is 10.4. The van der Waals surface area contributed by atoms with Crippen molar-refractivity contribution in [2.45, 2.75) is 28.2 Å². The summed E-state index contributed by atoms with van der Waals surface area (Å²) in [5, 5.41) is 0. The second-order valence-electron chi connectivity index (χ2n) is 7.86. The Kier molecular flexibility index (Phi) is 10.2. The summed E-state index contributed by atoms with van der Waals surface area (Å²) in [5.41, 5.74) is -0.246. The van der Waals surface area contributed by atoms with Gasteiger partial charge in [-0.15, -0.1) is 0 Å². The summed E-state index contributed by atoms with van der Waals surface area (Å²) in [6.07, 6.45) is 0. The lowest BCUT2D eigenvalue weighted by Crippen LogP contribution is -2.45. The minimum absolute atomic E-state index is 0. The smallest absolute Gasteiger partial charge is 0.152 e. The van der Waals surface area contributed by atoms with Gasteiger partial charge in [0.05, 0.1) is 6.54 Å². The third kappa shape index (κ3) is 9.40. The van der Waals surface area contributed by atoms with E-state index in [2.05, 4.69) is 40.7 Å². The van der Waals surface area contributed by atoms with Crippen molar-refractivity contribution in [3.8, 4) is 0 Å². The van der Waals surface area contributed by atoms with Gasteiger partial charge in [0, 0.05) is 57.8 Å². The van der Waals surface area contributed by atoms with E-state index in [-0.39, 0.29) is 12.8 Å². The van der Waals surface area contributed by atoms with Crippen molar-refractivity contribution in [1.29, 1.82) is 0 Å². The Bertz CT molecular complexity index is 322. The molecule has 23 heavy (non-hydrogen) atoms. The summed E-state index contributed by atoms with van der Waals surface area (Å²) < 4.78 is 0. The fourth-order valence-electron chi connectivity index (χ4n) is 2.35. The van der Waals surface area contributed by atoms with Crippen LogP contribution >= 0.6 is 0 Å². The first kappa shape index (κ1) is 22.5. The van der Waals surface area contributed by atoms with Crippen molar-refractivity contribution in [1.82, 2.24) is 19.6 Å². The molecule has 0 N–H and O–H groups in total. The summed E-state index contributed by atoms with van der Waals surface area (Å²) in [4.78, 5) is 21.8. The van der Waals surface area contributed by atoms with Gasteiger partial charge >= 0.3 is 0 Å². The second-order valence-corrected chi connectivity index (χ2v) is 7.86. The minimum atomic E-state index is -0.246. The number of carbonyl (C=O) groups excluding carboxylic acids is 1. The zero-order valence-corrected chi connectivity index (χ0v) is 15.6. The van der Waals surface area contributed by atoms with Crippen LogP contribution < -0.4 is 0 Å². The molecule has 0 unspecified atom stereocenters. The number of Topliss-reactive ketones (excluding diaryl/α,β-unsaturated/α-hetero) is 1. The Morgan fingerprint density at radius 1 is 0.739 bits per heavy atom. The third-order valence-electron chi connectivity index (χ3n) is 4.53. The summed E-state index contributed by atoms with van der Waals surface area (Å²) in [7, 11) is 6.55. The highest BCUT2D eigenvalue weighted by atomic mass is 16.1. The van der Waals surface area contributed by atoms with E-state index in [0.717, 1.165) is 52.4 Å². The van der Waals surface area contributed by atoms with Crippen LogP contribution in [-0.2, 0) is 4.79 Å². The number of nitrogens with zero attached hydrogens (tertiary/aromatic N) is 4. The largest absolute Gasteiger partial charge is 0.304 e. The molecule has 1 aliphatic heterocycles. The predicted octanol–water partition coefficient (Wildman–Crippen LogP) is 1.35. The molecular weight excluding hydrogens is 288 g/mol. The Hall–Kier alpha value is -0.490. The molecule has 0 saturated carbocycles. The fraction of sp³-hybridized carbons (Fsp3) is 0.944. The summed E-state index contributed by atoms with van der Waals surface area (Å²) in [5.74, 6) is 0.338. The third-order valence-corrected chi connectivity index (χ3v) is 4.53. The van der Waals surface area contributed by atoms with Gasteiger partial charge in [-0.25, -0.2) is 0 Å². The van der Waals surface area contributed by atoms with Crippen LogP contribution in [0.5, 0.6) is 0 Å². The van der Waals surface area contributed by atoms with Crippen molar-refractivity contribution >= 4 is 5.78 Å². The Labute approximate surface area is 144 Å². The quantitative estimate of drug-likeness (QED) is 0.763.